The predicted octanol–water partition coefficient (Wildman–Crippen LogP) is 4.05. The zero-order valence-electron chi connectivity index (χ0n) is 18.8. The van der Waals surface area contributed by atoms with E-state index in [4.69, 9.17) is 14.2 Å². The van der Waals surface area contributed by atoms with E-state index in [-0.39, 0.29) is 12.7 Å². The van der Waals surface area contributed by atoms with E-state index in [9.17, 15) is 4.79 Å². The van der Waals surface area contributed by atoms with Crippen LogP contribution in [0.15, 0.2) is 36.4 Å². The average molecular weight is 437 g/mol. The number of hydrogen-bond donors (Lipinski definition) is 0. The molecule has 3 aliphatic rings. The summed E-state index contributed by atoms with van der Waals surface area (Å²) in [4.78, 5) is 17.8. The van der Waals surface area contributed by atoms with E-state index in [1.807, 2.05) is 29.2 Å². The number of carbonyl (C=O) groups excluding carboxylic acids is 1. The van der Waals surface area contributed by atoms with Crippen molar-refractivity contribution in [2.75, 3.05) is 39.6 Å². The van der Waals surface area contributed by atoms with Crippen LogP contribution in [0.2, 0.25) is 0 Å². The van der Waals surface area contributed by atoms with Gasteiger partial charge in [0.1, 0.15) is 5.75 Å². The van der Waals surface area contributed by atoms with E-state index < -0.39 is 0 Å². The highest BCUT2D eigenvalue weighted by Crippen LogP contribution is 2.37. The first-order valence-corrected chi connectivity index (χ1v) is 11.8. The quantitative estimate of drug-likeness (QED) is 0.613. The van der Waals surface area contributed by atoms with Crippen molar-refractivity contribution in [3.63, 3.8) is 0 Å². The zero-order valence-corrected chi connectivity index (χ0v) is 18.8. The maximum atomic E-state index is 13.2. The van der Waals surface area contributed by atoms with Gasteiger partial charge in [-0.2, -0.15) is 0 Å². The molecule has 1 atom stereocenters. The molecule has 6 nitrogen and oxygen atoms in total. The second-order valence-electron chi connectivity index (χ2n) is 9.07. The van der Waals surface area contributed by atoms with Gasteiger partial charge in [0.05, 0.1) is 6.61 Å². The molecule has 3 aliphatic heterocycles. The fourth-order valence-corrected chi connectivity index (χ4v) is 5.07. The van der Waals surface area contributed by atoms with Gasteiger partial charge in [-0.1, -0.05) is 18.6 Å². The van der Waals surface area contributed by atoms with Crippen LogP contribution in [0.4, 0.5) is 0 Å². The molecule has 0 aromatic heterocycles. The molecule has 0 radical (unpaired) electrons. The first-order chi connectivity index (χ1) is 15.7. The van der Waals surface area contributed by atoms with Crippen LogP contribution in [0.25, 0.3) is 0 Å². The molecule has 2 aromatic carbocycles. The van der Waals surface area contributed by atoms with Crippen LogP contribution in [0.1, 0.15) is 47.2 Å². The molecule has 5 rings (SSSR count). The number of carbonyl (C=O) groups is 1. The van der Waals surface area contributed by atoms with Gasteiger partial charge in [0.15, 0.2) is 11.5 Å². The van der Waals surface area contributed by atoms with E-state index in [1.54, 1.807) is 0 Å². The van der Waals surface area contributed by atoms with Crippen LogP contribution in [0.3, 0.4) is 0 Å². The number of ether oxygens (including phenoxy) is 3. The van der Waals surface area contributed by atoms with Gasteiger partial charge < -0.3 is 19.1 Å². The van der Waals surface area contributed by atoms with Crippen molar-refractivity contribution in [2.45, 2.75) is 45.1 Å². The lowest BCUT2D eigenvalue weighted by atomic mass is 9.96. The van der Waals surface area contributed by atoms with Crippen molar-refractivity contribution in [3.05, 3.63) is 53.1 Å². The molecule has 2 aromatic rings. The molecule has 0 aliphatic carbocycles. The molecular weight excluding hydrogens is 404 g/mol. The highest BCUT2D eigenvalue weighted by atomic mass is 16.7. The van der Waals surface area contributed by atoms with Crippen molar-refractivity contribution in [1.82, 2.24) is 9.80 Å². The Morgan fingerprint density at radius 3 is 2.84 bits per heavy atom. The maximum absolute atomic E-state index is 13.2. The normalized spacial score (nSPS) is 20.3. The Morgan fingerprint density at radius 2 is 1.97 bits per heavy atom. The van der Waals surface area contributed by atoms with E-state index in [0.717, 1.165) is 74.7 Å². The topological polar surface area (TPSA) is 51.2 Å². The second kappa shape index (κ2) is 9.41. The Hall–Kier alpha value is -2.73. The number of benzene rings is 2. The molecule has 3 heterocycles. The van der Waals surface area contributed by atoms with Crippen molar-refractivity contribution in [2.24, 2.45) is 0 Å². The minimum Gasteiger partial charge on any atom is -0.494 e. The minimum atomic E-state index is 0.123. The first kappa shape index (κ1) is 21.1. The molecule has 0 spiro atoms. The summed E-state index contributed by atoms with van der Waals surface area (Å²) >= 11 is 0. The molecular formula is C26H32N2O4. The number of fused-ring (bicyclic) bond motifs is 2. The Bertz CT molecular complexity index is 976. The summed E-state index contributed by atoms with van der Waals surface area (Å²) in [6.45, 7) is 6.72. The number of amides is 1. The van der Waals surface area contributed by atoms with Crippen LogP contribution in [0, 0.1) is 6.92 Å². The molecule has 0 N–H and O–H groups in total. The van der Waals surface area contributed by atoms with E-state index in [2.05, 4.69) is 24.0 Å². The van der Waals surface area contributed by atoms with Crippen LogP contribution in [-0.4, -0.2) is 61.3 Å². The molecule has 0 saturated carbocycles. The van der Waals surface area contributed by atoms with Gasteiger partial charge in [-0.05, 0) is 74.5 Å². The van der Waals surface area contributed by atoms with Gasteiger partial charge in [0.2, 0.25) is 6.79 Å². The third-order valence-electron chi connectivity index (χ3n) is 6.80. The maximum Gasteiger partial charge on any atom is 0.254 e. The molecule has 1 saturated heterocycles. The predicted molar refractivity (Wildman–Crippen MR) is 123 cm³/mol. The molecule has 32 heavy (non-hydrogen) atoms. The summed E-state index contributed by atoms with van der Waals surface area (Å²) in [5.74, 6) is 2.51. The highest BCUT2D eigenvalue weighted by molar-refractivity contribution is 5.97. The van der Waals surface area contributed by atoms with Crippen molar-refractivity contribution < 1.29 is 19.0 Å². The Morgan fingerprint density at radius 1 is 1.09 bits per heavy atom. The van der Waals surface area contributed by atoms with Gasteiger partial charge >= 0.3 is 0 Å². The van der Waals surface area contributed by atoms with Crippen molar-refractivity contribution in [1.29, 1.82) is 0 Å². The molecule has 6 heteroatoms. The van der Waals surface area contributed by atoms with Gasteiger partial charge in [-0.25, -0.2) is 0 Å². The summed E-state index contributed by atoms with van der Waals surface area (Å²) in [5.41, 5.74) is 3.06. The Kier molecular flexibility index (Phi) is 6.21. The fourth-order valence-electron chi connectivity index (χ4n) is 5.07. The molecule has 1 unspecified atom stereocenters. The number of aryl methyl sites for hydroxylation is 1. The SMILES string of the molecule is Cc1cccc(OCCCN2CCCCC2CN2CCc3cc4c(cc3C2=O)OCO4)c1. The Labute approximate surface area is 190 Å². The average Bonchev–Trinajstić information content (AvgIpc) is 3.26. The van der Waals surface area contributed by atoms with Gasteiger partial charge in [-0.3, -0.25) is 9.69 Å². The highest BCUT2D eigenvalue weighted by Gasteiger charge is 2.31. The van der Waals surface area contributed by atoms with E-state index in [0.29, 0.717) is 11.8 Å². The summed E-state index contributed by atoms with van der Waals surface area (Å²) in [7, 11) is 0. The monoisotopic (exact) mass is 436 g/mol. The smallest absolute Gasteiger partial charge is 0.254 e. The number of piperidine rings is 1. The van der Waals surface area contributed by atoms with Crippen LogP contribution >= 0.6 is 0 Å². The third-order valence-corrected chi connectivity index (χ3v) is 6.80. The lowest BCUT2D eigenvalue weighted by Gasteiger charge is -2.40. The lowest BCUT2D eigenvalue weighted by molar-refractivity contribution is 0.0600. The second-order valence-corrected chi connectivity index (χ2v) is 9.07. The van der Waals surface area contributed by atoms with E-state index in [1.165, 1.54) is 18.4 Å². The van der Waals surface area contributed by atoms with Crippen LogP contribution < -0.4 is 14.2 Å². The molecule has 1 fully saturated rings. The van der Waals surface area contributed by atoms with Gasteiger partial charge in [-0.15, -0.1) is 0 Å². The number of hydrogen-bond acceptors (Lipinski definition) is 5. The zero-order chi connectivity index (χ0) is 21.9. The standard InChI is InChI=1S/C26H32N2O4/c1-19-6-4-8-22(14-19)30-13-5-11-27-10-3-2-7-21(27)17-28-12-9-20-15-24-25(32-18-31-24)16-23(20)26(28)29/h4,6,8,14-16,21H,2-3,5,7,9-13,17-18H2,1H3. The van der Waals surface area contributed by atoms with Crippen LogP contribution in [0.5, 0.6) is 17.2 Å². The summed E-state index contributed by atoms with van der Waals surface area (Å²) in [6, 6.07) is 12.5. The third kappa shape index (κ3) is 4.56. The number of rotatable bonds is 7. The van der Waals surface area contributed by atoms with Crippen molar-refractivity contribution >= 4 is 5.91 Å². The van der Waals surface area contributed by atoms with E-state index >= 15 is 0 Å². The Balaban J connectivity index is 1.17. The summed E-state index contributed by atoms with van der Waals surface area (Å²) in [5, 5.41) is 0. The van der Waals surface area contributed by atoms with Crippen LogP contribution in [-0.2, 0) is 6.42 Å². The summed E-state index contributed by atoms with van der Waals surface area (Å²) < 4.78 is 16.9. The van der Waals surface area contributed by atoms with Gasteiger partial charge in [0.25, 0.3) is 5.91 Å². The molecule has 170 valence electrons. The minimum absolute atomic E-state index is 0.123. The first-order valence-electron chi connectivity index (χ1n) is 11.8. The lowest BCUT2D eigenvalue weighted by Crippen LogP contribution is -2.50. The van der Waals surface area contributed by atoms with Gasteiger partial charge in [0, 0.05) is 31.2 Å². The molecule has 1 amide bonds. The largest absolute Gasteiger partial charge is 0.494 e. The fraction of sp³-hybridized carbons (Fsp3) is 0.500. The molecule has 0 bridgehead atoms. The summed E-state index contributed by atoms with van der Waals surface area (Å²) in [6.07, 6.45) is 5.48. The number of likely N-dealkylation sites (tertiary alicyclic amines) is 1. The number of nitrogens with zero attached hydrogens (tertiary/aromatic N) is 2. The van der Waals surface area contributed by atoms with Crippen molar-refractivity contribution in [3.8, 4) is 17.2 Å².